The maximum atomic E-state index is 12.8. The molecular formula is C24H24ClN3O4. The fourth-order valence-corrected chi connectivity index (χ4v) is 3.16. The van der Waals surface area contributed by atoms with Crippen LogP contribution in [0, 0.1) is 0 Å². The zero-order valence-corrected chi connectivity index (χ0v) is 18.7. The van der Waals surface area contributed by atoms with Gasteiger partial charge in [0.2, 0.25) is 0 Å². The summed E-state index contributed by atoms with van der Waals surface area (Å²) >= 11 is 6.25. The Hall–Kier alpha value is -3.42. The number of nitrogens with zero attached hydrogens (tertiary/aromatic N) is 1. The summed E-state index contributed by atoms with van der Waals surface area (Å²) in [6, 6.07) is 15.3. The number of benzene rings is 2. The Balaban J connectivity index is 1.74. The number of aliphatic hydroxyl groups excluding tert-OH is 1. The fourth-order valence-electron chi connectivity index (χ4n) is 2.87. The summed E-state index contributed by atoms with van der Waals surface area (Å²) < 4.78 is 5.27. The summed E-state index contributed by atoms with van der Waals surface area (Å²) in [5, 5.41) is 15.1. The molecule has 3 aromatic rings. The lowest BCUT2D eigenvalue weighted by Crippen LogP contribution is -2.27. The van der Waals surface area contributed by atoms with Crippen LogP contribution in [0.15, 0.2) is 60.8 Å². The highest BCUT2D eigenvalue weighted by Crippen LogP contribution is 2.27. The molecule has 166 valence electrons. The highest BCUT2D eigenvalue weighted by Gasteiger charge is 2.18. The van der Waals surface area contributed by atoms with Crippen molar-refractivity contribution in [3.63, 3.8) is 0 Å². The largest absolute Gasteiger partial charge is 0.444 e. The number of hydrogen-bond acceptors (Lipinski definition) is 5. The maximum Gasteiger partial charge on any atom is 0.412 e. The number of nitrogens with one attached hydrogen (secondary N) is 2. The topological polar surface area (TPSA) is 101 Å². The van der Waals surface area contributed by atoms with E-state index in [1.165, 1.54) is 0 Å². The smallest absolute Gasteiger partial charge is 0.412 e. The zero-order valence-electron chi connectivity index (χ0n) is 18.0. The van der Waals surface area contributed by atoms with Gasteiger partial charge in [0, 0.05) is 17.3 Å². The summed E-state index contributed by atoms with van der Waals surface area (Å²) in [4.78, 5) is 29.1. The molecule has 3 rings (SSSR count). The molecule has 0 fully saturated rings. The van der Waals surface area contributed by atoms with Gasteiger partial charge in [-0.15, -0.1) is 0 Å². The summed E-state index contributed by atoms with van der Waals surface area (Å²) in [5.74, 6) is -0.343. The van der Waals surface area contributed by atoms with Crippen molar-refractivity contribution in [1.29, 1.82) is 0 Å². The van der Waals surface area contributed by atoms with Crippen LogP contribution in [0.5, 0.6) is 0 Å². The molecular weight excluding hydrogens is 430 g/mol. The Bertz CT molecular complexity index is 1120. The Kier molecular flexibility index (Phi) is 7.12. The lowest BCUT2D eigenvalue weighted by molar-refractivity contribution is 0.0635. The van der Waals surface area contributed by atoms with Crippen molar-refractivity contribution >= 4 is 35.0 Å². The zero-order chi connectivity index (χ0) is 23.3. The number of amides is 2. The molecule has 32 heavy (non-hydrogen) atoms. The van der Waals surface area contributed by atoms with E-state index in [0.717, 1.165) is 5.56 Å². The first-order valence-electron chi connectivity index (χ1n) is 9.92. The van der Waals surface area contributed by atoms with Crippen LogP contribution in [0.25, 0.3) is 11.3 Å². The number of pyridine rings is 1. The molecule has 0 unspecified atom stereocenters. The molecule has 0 atom stereocenters. The van der Waals surface area contributed by atoms with Gasteiger partial charge in [0.25, 0.3) is 5.91 Å². The average Bonchev–Trinajstić information content (AvgIpc) is 2.74. The number of aliphatic hydroxyl groups is 1. The van der Waals surface area contributed by atoms with Crippen LogP contribution < -0.4 is 10.6 Å². The molecule has 1 aromatic heterocycles. The minimum Gasteiger partial charge on any atom is -0.444 e. The van der Waals surface area contributed by atoms with Gasteiger partial charge in [-0.1, -0.05) is 35.9 Å². The molecule has 3 N–H and O–H groups in total. The SMILES string of the molecule is CC(C)(C)OC(=O)Nc1ccccc1NC(=O)c1ccc(-c2ncc(CO)cc2Cl)cc1. The van der Waals surface area contributed by atoms with E-state index < -0.39 is 11.7 Å². The Morgan fingerprint density at radius 1 is 1.03 bits per heavy atom. The number of hydrogen-bond donors (Lipinski definition) is 3. The molecule has 0 aliphatic carbocycles. The van der Waals surface area contributed by atoms with Gasteiger partial charge in [0.15, 0.2) is 0 Å². The number of halogens is 1. The maximum absolute atomic E-state index is 12.8. The van der Waals surface area contributed by atoms with Crippen molar-refractivity contribution in [2.24, 2.45) is 0 Å². The highest BCUT2D eigenvalue weighted by molar-refractivity contribution is 6.33. The van der Waals surface area contributed by atoms with E-state index >= 15 is 0 Å². The number of rotatable bonds is 5. The van der Waals surface area contributed by atoms with Gasteiger partial charge in [-0.05, 0) is 56.7 Å². The molecule has 0 saturated heterocycles. The van der Waals surface area contributed by atoms with Gasteiger partial charge in [0.05, 0.1) is 28.7 Å². The minimum atomic E-state index is -0.639. The Morgan fingerprint density at radius 3 is 2.22 bits per heavy atom. The van der Waals surface area contributed by atoms with Crippen LogP contribution in [-0.2, 0) is 11.3 Å². The first-order chi connectivity index (χ1) is 15.2. The molecule has 0 bridgehead atoms. The minimum absolute atomic E-state index is 0.142. The molecule has 2 aromatic carbocycles. The van der Waals surface area contributed by atoms with Gasteiger partial charge in [0.1, 0.15) is 5.60 Å². The average molecular weight is 454 g/mol. The van der Waals surface area contributed by atoms with Crippen LogP contribution in [-0.4, -0.2) is 27.7 Å². The third kappa shape index (κ3) is 6.06. The molecule has 0 spiro atoms. The van der Waals surface area contributed by atoms with Crippen LogP contribution in [0.3, 0.4) is 0 Å². The van der Waals surface area contributed by atoms with Crippen molar-refractivity contribution in [1.82, 2.24) is 4.98 Å². The van der Waals surface area contributed by atoms with Crippen molar-refractivity contribution in [3.8, 4) is 11.3 Å². The van der Waals surface area contributed by atoms with Crippen LogP contribution in [0.2, 0.25) is 5.02 Å². The van der Waals surface area contributed by atoms with E-state index in [2.05, 4.69) is 15.6 Å². The Morgan fingerprint density at radius 2 is 1.66 bits per heavy atom. The third-order valence-corrected chi connectivity index (χ3v) is 4.60. The van der Waals surface area contributed by atoms with Crippen molar-refractivity contribution in [2.75, 3.05) is 10.6 Å². The summed E-state index contributed by atoms with van der Waals surface area (Å²) in [5.41, 5.74) is 2.56. The second kappa shape index (κ2) is 9.80. The number of aromatic nitrogens is 1. The lowest BCUT2D eigenvalue weighted by atomic mass is 10.1. The van der Waals surface area contributed by atoms with Crippen LogP contribution >= 0.6 is 11.6 Å². The summed E-state index contributed by atoms with van der Waals surface area (Å²) in [7, 11) is 0. The molecule has 0 aliphatic heterocycles. The molecule has 0 aliphatic rings. The van der Waals surface area contributed by atoms with E-state index in [1.54, 1.807) is 81.6 Å². The van der Waals surface area contributed by atoms with Gasteiger partial charge in [-0.25, -0.2) is 4.79 Å². The van der Waals surface area contributed by atoms with Gasteiger partial charge in [-0.2, -0.15) is 0 Å². The van der Waals surface area contributed by atoms with E-state index in [1.807, 2.05) is 0 Å². The quantitative estimate of drug-likeness (QED) is 0.474. The normalized spacial score (nSPS) is 11.0. The molecule has 2 amide bonds. The molecule has 7 nitrogen and oxygen atoms in total. The number of ether oxygens (including phenoxy) is 1. The number of carbonyl (C=O) groups excluding carboxylic acids is 2. The standard InChI is InChI=1S/C24H24ClN3O4/c1-24(2,3)32-23(31)28-20-7-5-4-6-19(20)27-22(30)17-10-8-16(9-11-17)21-18(25)12-15(14-29)13-26-21/h4-13,29H,14H2,1-3H3,(H,27,30)(H,28,31). The third-order valence-electron chi connectivity index (χ3n) is 4.31. The first-order valence-corrected chi connectivity index (χ1v) is 10.3. The lowest BCUT2D eigenvalue weighted by Gasteiger charge is -2.20. The molecule has 0 saturated carbocycles. The summed E-state index contributed by atoms with van der Waals surface area (Å²) in [6.07, 6.45) is 0.941. The number of para-hydroxylation sites is 2. The predicted octanol–water partition coefficient (Wildman–Crippen LogP) is 5.49. The predicted molar refractivity (Wildman–Crippen MR) is 125 cm³/mol. The highest BCUT2D eigenvalue weighted by atomic mass is 35.5. The molecule has 0 radical (unpaired) electrons. The van der Waals surface area contributed by atoms with E-state index in [4.69, 9.17) is 16.3 Å². The van der Waals surface area contributed by atoms with Crippen LogP contribution in [0.1, 0.15) is 36.7 Å². The monoisotopic (exact) mass is 453 g/mol. The molecule has 8 heteroatoms. The Labute approximate surface area is 191 Å². The van der Waals surface area contributed by atoms with E-state index in [-0.39, 0.29) is 12.5 Å². The van der Waals surface area contributed by atoms with Crippen molar-refractivity contribution in [2.45, 2.75) is 33.0 Å². The summed E-state index contributed by atoms with van der Waals surface area (Å²) in [6.45, 7) is 5.17. The van der Waals surface area contributed by atoms with E-state index in [0.29, 0.717) is 33.2 Å². The second-order valence-electron chi connectivity index (χ2n) is 8.04. The van der Waals surface area contributed by atoms with Gasteiger partial charge < -0.3 is 15.2 Å². The van der Waals surface area contributed by atoms with Gasteiger partial charge >= 0.3 is 6.09 Å². The first kappa shape index (κ1) is 23.2. The molecule has 1 heterocycles. The number of anilines is 2. The van der Waals surface area contributed by atoms with Crippen molar-refractivity contribution in [3.05, 3.63) is 76.9 Å². The van der Waals surface area contributed by atoms with Crippen molar-refractivity contribution < 1.29 is 19.4 Å². The fraction of sp³-hybridized carbons (Fsp3) is 0.208. The second-order valence-corrected chi connectivity index (χ2v) is 8.44. The number of carbonyl (C=O) groups is 2. The van der Waals surface area contributed by atoms with Crippen LogP contribution in [0.4, 0.5) is 16.2 Å². The van der Waals surface area contributed by atoms with Gasteiger partial charge in [-0.3, -0.25) is 15.1 Å². The van der Waals surface area contributed by atoms with E-state index in [9.17, 15) is 14.7 Å².